The van der Waals surface area contributed by atoms with Gasteiger partial charge in [0.25, 0.3) is 15.9 Å². The Morgan fingerprint density at radius 3 is 2.33 bits per heavy atom. The van der Waals surface area contributed by atoms with Crippen LogP contribution in [-0.4, -0.2) is 40.6 Å². The fourth-order valence-electron chi connectivity index (χ4n) is 2.95. The third kappa shape index (κ3) is 5.69. The highest BCUT2D eigenvalue weighted by Crippen LogP contribution is 2.23. The number of carbonyl (C=O) groups excluding carboxylic acids is 2. The van der Waals surface area contributed by atoms with Crippen molar-refractivity contribution in [3.05, 3.63) is 84.4 Å². The number of methoxy groups -OCH3 is 1. The van der Waals surface area contributed by atoms with Crippen molar-refractivity contribution < 1.29 is 27.5 Å². The van der Waals surface area contributed by atoms with Crippen LogP contribution in [0, 0.1) is 0 Å². The number of sulfonamides is 1. The molecule has 3 aromatic rings. The number of hydrogen-bond donors (Lipinski definition) is 1. The number of rotatable bonds is 8. The lowest BCUT2D eigenvalue weighted by molar-refractivity contribution is -0.123. The molecule has 0 spiro atoms. The maximum absolute atomic E-state index is 13.0. The molecule has 0 aliphatic rings. The lowest BCUT2D eigenvalue weighted by Gasteiger charge is -2.20. The number of amides is 1. The van der Waals surface area contributed by atoms with E-state index in [2.05, 4.69) is 5.32 Å². The minimum absolute atomic E-state index is 0.0126. The standard InChI is InChI=1S/C24H24N2O6S/c1-17(23(27)25-19-10-8-13-21(16-19)31-3)32-24(28)18-9-7-14-22(15-18)33(29,30)26(2)20-11-5-4-6-12-20/h4-17H,1-3H3,(H,25,27). The van der Waals surface area contributed by atoms with Gasteiger partial charge in [-0.25, -0.2) is 13.2 Å². The van der Waals surface area contributed by atoms with Crippen LogP contribution < -0.4 is 14.4 Å². The van der Waals surface area contributed by atoms with E-state index >= 15 is 0 Å². The molecule has 1 amide bonds. The van der Waals surface area contributed by atoms with Crippen molar-refractivity contribution in [2.45, 2.75) is 17.9 Å². The Hall–Kier alpha value is -3.85. The number of para-hydroxylation sites is 1. The van der Waals surface area contributed by atoms with Gasteiger partial charge in [-0.2, -0.15) is 0 Å². The van der Waals surface area contributed by atoms with Crippen molar-refractivity contribution in [3.63, 3.8) is 0 Å². The Kier molecular flexibility index (Phi) is 7.34. The van der Waals surface area contributed by atoms with Gasteiger partial charge in [0.1, 0.15) is 5.75 Å². The highest BCUT2D eigenvalue weighted by atomic mass is 32.2. The molecule has 9 heteroatoms. The van der Waals surface area contributed by atoms with E-state index in [1.165, 1.54) is 45.3 Å². The zero-order valence-electron chi connectivity index (χ0n) is 18.4. The summed E-state index contributed by atoms with van der Waals surface area (Å²) in [5, 5.41) is 2.64. The summed E-state index contributed by atoms with van der Waals surface area (Å²) in [4.78, 5) is 24.9. The molecule has 3 aromatic carbocycles. The van der Waals surface area contributed by atoms with Crippen LogP contribution in [0.15, 0.2) is 83.8 Å². The molecule has 1 unspecified atom stereocenters. The van der Waals surface area contributed by atoms with Gasteiger partial charge in [-0.05, 0) is 49.4 Å². The average molecular weight is 469 g/mol. The molecule has 0 fully saturated rings. The van der Waals surface area contributed by atoms with Crippen LogP contribution in [0.5, 0.6) is 5.75 Å². The molecule has 1 N–H and O–H groups in total. The number of esters is 1. The van der Waals surface area contributed by atoms with Crippen LogP contribution in [0.2, 0.25) is 0 Å². The Morgan fingerprint density at radius 2 is 1.64 bits per heavy atom. The second kappa shape index (κ2) is 10.2. The van der Waals surface area contributed by atoms with Gasteiger partial charge in [0.15, 0.2) is 6.10 Å². The van der Waals surface area contributed by atoms with Crippen LogP contribution >= 0.6 is 0 Å². The molecule has 0 aliphatic carbocycles. The smallest absolute Gasteiger partial charge is 0.338 e. The van der Waals surface area contributed by atoms with Crippen molar-refractivity contribution in [2.75, 3.05) is 23.8 Å². The normalized spacial score (nSPS) is 11.8. The van der Waals surface area contributed by atoms with E-state index in [-0.39, 0.29) is 10.5 Å². The molecular weight excluding hydrogens is 444 g/mol. The van der Waals surface area contributed by atoms with Gasteiger partial charge in [-0.15, -0.1) is 0 Å². The first kappa shape index (κ1) is 23.8. The molecule has 0 radical (unpaired) electrons. The maximum Gasteiger partial charge on any atom is 0.338 e. The molecule has 0 saturated heterocycles. The van der Waals surface area contributed by atoms with E-state index in [0.717, 1.165) is 4.31 Å². The van der Waals surface area contributed by atoms with E-state index < -0.39 is 28.0 Å². The molecule has 0 saturated carbocycles. The summed E-state index contributed by atoms with van der Waals surface area (Å²) < 4.78 is 37.5. The third-order valence-electron chi connectivity index (χ3n) is 4.84. The molecule has 8 nitrogen and oxygen atoms in total. The predicted molar refractivity (Wildman–Crippen MR) is 125 cm³/mol. The van der Waals surface area contributed by atoms with Gasteiger partial charge < -0.3 is 14.8 Å². The van der Waals surface area contributed by atoms with Crippen molar-refractivity contribution >= 4 is 33.3 Å². The Labute approximate surface area is 192 Å². The van der Waals surface area contributed by atoms with Crippen LogP contribution in [-0.2, 0) is 19.6 Å². The topological polar surface area (TPSA) is 102 Å². The molecule has 172 valence electrons. The molecule has 0 bridgehead atoms. The van der Waals surface area contributed by atoms with Gasteiger partial charge in [-0.1, -0.05) is 30.3 Å². The molecule has 1 atom stereocenters. The number of ether oxygens (including phenoxy) is 2. The lowest BCUT2D eigenvalue weighted by Crippen LogP contribution is -2.30. The van der Waals surface area contributed by atoms with E-state index in [1.54, 1.807) is 54.6 Å². The monoisotopic (exact) mass is 468 g/mol. The van der Waals surface area contributed by atoms with Crippen molar-refractivity contribution in [3.8, 4) is 5.75 Å². The van der Waals surface area contributed by atoms with Crippen molar-refractivity contribution in [1.29, 1.82) is 0 Å². The first-order valence-corrected chi connectivity index (χ1v) is 11.5. The van der Waals surface area contributed by atoms with E-state index in [4.69, 9.17) is 9.47 Å². The zero-order valence-corrected chi connectivity index (χ0v) is 19.2. The van der Waals surface area contributed by atoms with Gasteiger partial charge in [-0.3, -0.25) is 9.10 Å². The quantitative estimate of drug-likeness (QED) is 0.506. The molecule has 0 aliphatic heterocycles. The third-order valence-corrected chi connectivity index (χ3v) is 6.62. The fourth-order valence-corrected chi connectivity index (χ4v) is 4.19. The molecular formula is C24H24N2O6S. The minimum atomic E-state index is -3.91. The summed E-state index contributed by atoms with van der Waals surface area (Å²) in [5.41, 5.74) is 0.978. The first-order valence-electron chi connectivity index (χ1n) is 10.0. The summed E-state index contributed by atoms with van der Waals surface area (Å²) in [5.74, 6) is -0.789. The van der Waals surface area contributed by atoms with Crippen LogP contribution in [0.1, 0.15) is 17.3 Å². The van der Waals surface area contributed by atoms with Crippen LogP contribution in [0.4, 0.5) is 11.4 Å². The van der Waals surface area contributed by atoms with E-state index in [9.17, 15) is 18.0 Å². The van der Waals surface area contributed by atoms with Gasteiger partial charge in [0, 0.05) is 18.8 Å². The summed E-state index contributed by atoms with van der Waals surface area (Å²) in [6, 6.07) is 20.8. The lowest BCUT2D eigenvalue weighted by atomic mass is 10.2. The second-order valence-electron chi connectivity index (χ2n) is 7.10. The van der Waals surface area contributed by atoms with E-state index in [1.807, 2.05) is 0 Å². The molecule has 33 heavy (non-hydrogen) atoms. The maximum atomic E-state index is 13.0. The Bertz CT molecular complexity index is 1240. The first-order chi connectivity index (χ1) is 15.7. The van der Waals surface area contributed by atoms with Crippen molar-refractivity contribution in [1.82, 2.24) is 0 Å². The SMILES string of the molecule is COc1cccc(NC(=O)C(C)OC(=O)c2cccc(S(=O)(=O)N(C)c3ccccc3)c2)c1. The summed E-state index contributed by atoms with van der Waals surface area (Å²) >= 11 is 0. The minimum Gasteiger partial charge on any atom is -0.497 e. The fraction of sp³-hybridized carbons (Fsp3) is 0.167. The number of nitrogens with one attached hydrogen (secondary N) is 1. The second-order valence-corrected chi connectivity index (χ2v) is 9.07. The van der Waals surface area contributed by atoms with Gasteiger partial charge >= 0.3 is 5.97 Å². The molecule has 0 heterocycles. The largest absolute Gasteiger partial charge is 0.497 e. The summed E-state index contributed by atoms with van der Waals surface area (Å²) in [6.45, 7) is 1.43. The summed E-state index contributed by atoms with van der Waals surface area (Å²) in [6.07, 6.45) is -1.11. The zero-order chi connectivity index (χ0) is 24.0. The number of nitrogens with zero attached hydrogens (tertiary/aromatic N) is 1. The van der Waals surface area contributed by atoms with Gasteiger partial charge in [0.05, 0.1) is 23.3 Å². The highest BCUT2D eigenvalue weighted by molar-refractivity contribution is 7.92. The van der Waals surface area contributed by atoms with Crippen LogP contribution in [0.25, 0.3) is 0 Å². The average Bonchev–Trinajstić information content (AvgIpc) is 2.84. The van der Waals surface area contributed by atoms with Gasteiger partial charge in [0.2, 0.25) is 0 Å². The number of anilines is 2. The van der Waals surface area contributed by atoms with Crippen molar-refractivity contribution in [2.24, 2.45) is 0 Å². The van der Waals surface area contributed by atoms with Crippen LogP contribution in [0.3, 0.4) is 0 Å². The number of hydrogen-bond acceptors (Lipinski definition) is 6. The Morgan fingerprint density at radius 1 is 0.939 bits per heavy atom. The highest BCUT2D eigenvalue weighted by Gasteiger charge is 2.24. The number of carbonyl (C=O) groups is 2. The Balaban J connectivity index is 1.71. The van der Waals surface area contributed by atoms with E-state index in [0.29, 0.717) is 17.1 Å². The molecule has 0 aromatic heterocycles. The predicted octanol–water partition coefficient (Wildman–Crippen LogP) is 3.70. The summed E-state index contributed by atoms with van der Waals surface area (Å²) in [7, 11) is -0.963. The molecule has 3 rings (SSSR count). The number of benzene rings is 3.